The van der Waals surface area contributed by atoms with E-state index in [0.717, 1.165) is 37.6 Å². The summed E-state index contributed by atoms with van der Waals surface area (Å²) in [6.07, 6.45) is 0. The Hall–Kier alpha value is -1.59. The summed E-state index contributed by atoms with van der Waals surface area (Å²) < 4.78 is 5.47. The fraction of sp³-hybridized carbons (Fsp3) is 0.533. The first kappa shape index (κ1) is 13.4. The Kier molecular flexibility index (Phi) is 3.63. The molecule has 5 nitrogen and oxygen atoms in total. The van der Waals surface area contributed by atoms with Crippen LogP contribution >= 0.6 is 0 Å². The number of ether oxygens (including phenoxy) is 1. The van der Waals surface area contributed by atoms with Gasteiger partial charge in [-0.05, 0) is 24.6 Å². The molecular weight excluding hydrogens is 254 g/mol. The lowest BCUT2D eigenvalue weighted by molar-refractivity contribution is -0.120. The Morgan fingerprint density at radius 3 is 2.80 bits per heavy atom. The Morgan fingerprint density at radius 1 is 1.30 bits per heavy atom. The molecule has 108 valence electrons. The SMILES string of the molecule is CC(c1ccc2c(c1)N(C)C(=O)CO2)N1CCNCC1. The summed E-state index contributed by atoms with van der Waals surface area (Å²) in [5.74, 6) is 0.799. The molecule has 1 saturated heterocycles. The number of nitrogens with zero attached hydrogens (tertiary/aromatic N) is 2. The van der Waals surface area contributed by atoms with Crippen LogP contribution in [0, 0.1) is 0 Å². The van der Waals surface area contributed by atoms with Gasteiger partial charge in [0.1, 0.15) is 5.75 Å². The van der Waals surface area contributed by atoms with Crippen LogP contribution in [0.4, 0.5) is 5.69 Å². The zero-order chi connectivity index (χ0) is 14.1. The summed E-state index contributed by atoms with van der Waals surface area (Å²) in [7, 11) is 1.81. The van der Waals surface area contributed by atoms with Gasteiger partial charge in [0.15, 0.2) is 6.61 Å². The third-order valence-corrected chi connectivity index (χ3v) is 4.25. The number of rotatable bonds is 2. The quantitative estimate of drug-likeness (QED) is 0.875. The molecule has 1 fully saturated rings. The van der Waals surface area contributed by atoms with Crippen LogP contribution < -0.4 is 15.0 Å². The maximum absolute atomic E-state index is 11.7. The van der Waals surface area contributed by atoms with Crippen LogP contribution in [0.25, 0.3) is 0 Å². The summed E-state index contributed by atoms with van der Waals surface area (Å²) in [4.78, 5) is 15.9. The second kappa shape index (κ2) is 5.42. The van der Waals surface area contributed by atoms with E-state index in [4.69, 9.17) is 4.74 Å². The van der Waals surface area contributed by atoms with Crippen LogP contribution in [0.2, 0.25) is 0 Å². The maximum Gasteiger partial charge on any atom is 0.264 e. The molecule has 1 atom stereocenters. The summed E-state index contributed by atoms with van der Waals surface area (Å²) >= 11 is 0. The minimum atomic E-state index is 0.00414. The van der Waals surface area contributed by atoms with Gasteiger partial charge in [-0.1, -0.05) is 6.07 Å². The fourth-order valence-corrected chi connectivity index (χ4v) is 2.83. The lowest BCUT2D eigenvalue weighted by atomic mass is 10.0. The van der Waals surface area contributed by atoms with Crippen LogP contribution in [0.3, 0.4) is 0 Å². The Morgan fingerprint density at radius 2 is 2.05 bits per heavy atom. The van der Waals surface area contributed by atoms with Crippen molar-refractivity contribution in [3.63, 3.8) is 0 Å². The monoisotopic (exact) mass is 275 g/mol. The molecule has 2 aliphatic rings. The van der Waals surface area contributed by atoms with Crippen molar-refractivity contribution in [3.8, 4) is 5.75 Å². The molecule has 0 saturated carbocycles. The summed E-state index contributed by atoms with van der Waals surface area (Å²) in [6.45, 7) is 6.55. The smallest absolute Gasteiger partial charge is 0.264 e. The third kappa shape index (κ3) is 2.39. The highest BCUT2D eigenvalue weighted by molar-refractivity contribution is 5.97. The van der Waals surface area contributed by atoms with E-state index in [1.54, 1.807) is 4.90 Å². The molecule has 0 aromatic heterocycles. The van der Waals surface area contributed by atoms with Crippen molar-refractivity contribution < 1.29 is 9.53 Å². The minimum Gasteiger partial charge on any atom is -0.482 e. The van der Waals surface area contributed by atoms with E-state index < -0.39 is 0 Å². The lowest BCUT2D eigenvalue weighted by Crippen LogP contribution is -2.44. The standard InChI is InChI=1S/C15H21N3O2/c1-11(18-7-5-16-6-8-18)12-3-4-14-13(9-12)17(2)15(19)10-20-14/h3-4,9,11,16H,5-8,10H2,1-2H3. The first-order valence-electron chi connectivity index (χ1n) is 7.15. The van der Waals surface area contributed by atoms with Crippen molar-refractivity contribution in [2.45, 2.75) is 13.0 Å². The first-order valence-corrected chi connectivity index (χ1v) is 7.15. The Bertz CT molecular complexity index is 512. The van der Waals surface area contributed by atoms with Crippen molar-refractivity contribution in [1.82, 2.24) is 10.2 Å². The zero-order valence-corrected chi connectivity index (χ0v) is 12.1. The molecule has 0 bridgehead atoms. The van der Waals surface area contributed by atoms with Gasteiger partial charge in [-0.3, -0.25) is 9.69 Å². The zero-order valence-electron chi connectivity index (χ0n) is 12.1. The second-order valence-corrected chi connectivity index (χ2v) is 5.43. The van der Waals surface area contributed by atoms with E-state index in [1.165, 1.54) is 5.56 Å². The molecule has 0 aliphatic carbocycles. The van der Waals surface area contributed by atoms with Gasteiger partial charge in [0.05, 0.1) is 5.69 Å². The van der Waals surface area contributed by atoms with Crippen molar-refractivity contribution >= 4 is 11.6 Å². The van der Waals surface area contributed by atoms with E-state index >= 15 is 0 Å². The summed E-state index contributed by atoms with van der Waals surface area (Å²) in [5, 5.41) is 3.37. The molecule has 5 heteroatoms. The van der Waals surface area contributed by atoms with Crippen molar-refractivity contribution in [1.29, 1.82) is 0 Å². The number of amides is 1. The van der Waals surface area contributed by atoms with Gasteiger partial charge in [0.2, 0.25) is 0 Å². The molecule has 3 rings (SSSR count). The number of anilines is 1. The van der Waals surface area contributed by atoms with Gasteiger partial charge in [-0.15, -0.1) is 0 Å². The molecule has 1 N–H and O–H groups in total. The summed E-state index contributed by atoms with van der Waals surface area (Å²) in [5.41, 5.74) is 2.11. The third-order valence-electron chi connectivity index (χ3n) is 4.25. The molecule has 0 spiro atoms. The Labute approximate surface area is 119 Å². The van der Waals surface area contributed by atoms with Gasteiger partial charge in [-0.2, -0.15) is 0 Å². The van der Waals surface area contributed by atoms with Crippen LogP contribution in [0.5, 0.6) is 5.75 Å². The number of nitrogens with one attached hydrogen (secondary N) is 1. The highest BCUT2D eigenvalue weighted by Gasteiger charge is 2.24. The van der Waals surface area contributed by atoms with Crippen molar-refractivity contribution in [2.75, 3.05) is 44.7 Å². The molecule has 20 heavy (non-hydrogen) atoms. The first-order chi connectivity index (χ1) is 9.66. The maximum atomic E-state index is 11.7. The largest absolute Gasteiger partial charge is 0.482 e. The van der Waals surface area contributed by atoms with Gasteiger partial charge >= 0.3 is 0 Å². The van der Waals surface area contributed by atoms with E-state index in [-0.39, 0.29) is 12.5 Å². The predicted molar refractivity (Wildman–Crippen MR) is 78.2 cm³/mol. The van der Waals surface area contributed by atoms with E-state index in [1.807, 2.05) is 13.1 Å². The van der Waals surface area contributed by atoms with Crippen molar-refractivity contribution in [2.24, 2.45) is 0 Å². The number of hydrogen-bond acceptors (Lipinski definition) is 4. The van der Waals surface area contributed by atoms with Crippen molar-refractivity contribution in [3.05, 3.63) is 23.8 Å². The molecule has 0 radical (unpaired) electrons. The number of benzene rings is 1. The lowest BCUT2D eigenvalue weighted by Gasteiger charge is -2.34. The van der Waals surface area contributed by atoms with Crippen LogP contribution in [0.1, 0.15) is 18.5 Å². The molecule has 1 unspecified atom stereocenters. The second-order valence-electron chi connectivity index (χ2n) is 5.43. The number of fused-ring (bicyclic) bond motifs is 1. The predicted octanol–water partition coefficient (Wildman–Crippen LogP) is 1.01. The van der Waals surface area contributed by atoms with E-state index in [9.17, 15) is 4.79 Å². The van der Waals surface area contributed by atoms with E-state index in [0.29, 0.717) is 6.04 Å². The molecule has 1 aromatic rings. The average molecular weight is 275 g/mol. The highest BCUT2D eigenvalue weighted by atomic mass is 16.5. The number of carbonyl (C=O) groups excluding carboxylic acids is 1. The molecule has 2 heterocycles. The number of piperazine rings is 1. The van der Waals surface area contributed by atoms with Gasteiger partial charge in [0.25, 0.3) is 5.91 Å². The van der Waals surface area contributed by atoms with Crippen LogP contribution in [0.15, 0.2) is 18.2 Å². The van der Waals surface area contributed by atoms with Gasteiger partial charge in [-0.25, -0.2) is 0 Å². The van der Waals surface area contributed by atoms with Gasteiger partial charge in [0, 0.05) is 39.3 Å². The molecule has 1 amide bonds. The molecule has 2 aliphatic heterocycles. The number of likely N-dealkylation sites (N-methyl/N-ethyl adjacent to an activating group) is 1. The summed E-state index contributed by atoms with van der Waals surface area (Å²) in [6, 6.07) is 6.52. The van der Waals surface area contributed by atoms with Crippen LogP contribution in [-0.4, -0.2) is 50.6 Å². The number of carbonyl (C=O) groups is 1. The molecule has 1 aromatic carbocycles. The highest BCUT2D eigenvalue weighted by Crippen LogP contribution is 2.34. The fourth-order valence-electron chi connectivity index (χ4n) is 2.83. The normalized spacial score (nSPS) is 21.3. The number of hydrogen-bond donors (Lipinski definition) is 1. The van der Waals surface area contributed by atoms with E-state index in [2.05, 4.69) is 29.3 Å². The average Bonchev–Trinajstić information content (AvgIpc) is 2.51. The minimum absolute atomic E-state index is 0.00414. The molecular formula is C15H21N3O2. The Balaban J connectivity index is 1.85. The van der Waals surface area contributed by atoms with Gasteiger partial charge < -0.3 is 15.0 Å². The topological polar surface area (TPSA) is 44.8 Å². The van der Waals surface area contributed by atoms with Crippen LogP contribution in [-0.2, 0) is 4.79 Å².